The molecule has 1 heterocycles. The quantitative estimate of drug-likeness (QED) is 0.792. The Kier molecular flexibility index (Phi) is 4.79. The lowest BCUT2D eigenvalue weighted by Crippen LogP contribution is -2.32. The van der Waals surface area contributed by atoms with Crippen LogP contribution in [-0.4, -0.2) is 21.2 Å². The first-order valence-electron chi connectivity index (χ1n) is 6.50. The number of carbonyl (C=O) groups excluding carboxylic acids is 1. The summed E-state index contributed by atoms with van der Waals surface area (Å²) in [4.78, 5) is 15.2. The van der Waals surface area contributed by atoms with E-state index in [9.17, 15) is 18.0 Å². The summed E-state index contributed by atoms with van der Waals surface area (Å²) in [5.74, 6) is -1.39. The van der Waals surface area contributed by atoms with Crippen LogP contribution in [0.15, 0.2) is 18.2 Å². The predicted octanol–water partition coefficient (Wildman–Crippen LogP) is 3.67. The first-order chi connectivity index (χ1) is 10.7. The van der Waals surface area contributed by atoms with E-state index in [0.717, 1.165) is 0 Å². The third-order valence-electron chi connectivity index (χ3n) is 3.03. The van der Waals surface area contributed by atoms with Gasteiger partial charge in [0.1, 0.15) is 5.82 Å². The zero-order valence-electron chi connectivity index (χ0n) is 12.1. The van der Waals surface area contributed by atoms with Gasteiger partial charge in [-0.2, -0.15) is 13.2 Å². The first-order valence-corrected chi connectivity index (χ1v) is 6.88. The smallest absolute Gasteiger partial charge is 0.328 e. The average Bonchev–Trinajstić information content (AvgIpc) is 2.93. The van der Waals surface area contributed by atoms with Crippen molar-refractivity contribution in [1.29, 1.82) is 0 Å². The molecule has 2 aromatic rings. The monoisotopic (exact) mass is 347 g/mol. The van der Waals surface area contributed by atoms with Crippen LogP contribution in [-0.2, 0) is 6.18 Å². The van der Waals surface area contributed by atoms with Crippen molar-refractivity contribution in [2.45, 2.75) is 26.1 Å². The number of aromatic nitrogens is 3. The lowest BCUT2D eigenvalue weighted by Gasteiger charge is -2.14. The molecule has 6 nitrogen and oxygen atoms in total. The summed E-state index contributed by atoms with van der Waals surface area (Å²) in [7, 11) is 0. The van der Waals surface area contributed by atoms with Gasteiger partial charge in [-0.25, -0.2) is 9.78 Å². The number of hydrogen-bond acceptors (Lipinski definition) is 3. The minimum absolute atomic E-state index is 0.102. The maximum atomic E-state index is 12.4. The van der Waals surface area contributed by atoms with Crippen molar-refractivity contribution in [2.75, 3.05) is 5.32 Å². The second-order valence-corrected chi connectivity index (χ2v) is 5.18. The van der Waals surface area contributed by atoms with Crippen LogP contribution in [0, 0.1) is 6.92 Å². The molecule has 3 N–H and O–H groups in total. The number of anilines is 1. The number of halogens is 4. The van der Waals surface area contributed by atoms with Gasteiger partial charge in [0.25, 0.3) is 5.82 Å². The molecule has 0 aliphatic rings. The van der Waals surface area contributed by atoms with Gasteiger partial charge in [-0.3, -0.25) is 5.10 Å². The van der Waals surface area contributed by atoms with Crippen molar-refractivity contribution in [3.63, 3.8) is 0 Å². The van der Waals surface area contributed by atoms with Crippen molar-refractivity contribution in [3.8, 4) is 0 Å². The van der Waals surface area contributed by atoms with Gasteiger partial charge in [-0.15, -0.1) is 5.10 Å². The molecule has 1 atom stereocenters. The minimum atomic E-state index is -4.64. The topological polar surface area (TPSA) is 82.7 Å². The summed E-state index contributed by atoms with van der Waals surface area (Å²) in [6.07, 6.45) is -4.64. The molecule has 1 aromatic heterocycles. The van der Waals surface area contributed by atoms with Crippen LogP contribution >= 0.6 is 11.6 Å². The highest BCUT2D eigenvalue weighted by Crippen LogP contribution is 2.26. The number of amides is 2. The molecule has 23 heavy (non-hydrogen) atoms. The van der Waals surface area contributed by atoms with Gasteiger partial charge in [0, 0.05) is 10.7 Å². The van der Waals surface area contributed by atoms with Crippen molar-refractivity contribution >= 4 is 23.3 Å². The number of rotatable bonds is 3. The van der Waals surface area contributed by atoms with E-state index in [1.807, 2.05) is 0 Å². The lowest BCUT2D eigenvalue weighted by atomic mass is 10.2. The fraction of sp³-hybridized carbons (Fsp3) is 0.308. The average molecular weight is 348 g/mol. The van der Waals surface area contributed by atoms with Crippen molar-refractivity contribution in [1.82, 2.24) is 20.5 Å². The number of alkyl halides is 3. The molecule has 0 saturated heterocycles. The van der Waals surface area contributed by atoms with Crippen LogP contribution in [0.3, 0.4) is 0 Å². The van der Waals surface area contributed by atoms with E-state index in [1.54, 1.807) is 25.1 Å². The van der Waals surface area contributed by atoms with Gasteiger partial charge < -0.3 is 10.6 Å². The van der Waals surface area contributed by atoms with Gasteiger partial charge in [0.15, 0.2) is 0 Å². The number of nitrogens with one attached hydrogen (secondary N) is 3. The number of nitrogens with zero attached hydrogens (tertiary/aromatic N) is 2. The van der Waals surface area contributed by atoms with E-state index >= 15 is 0 Å². The van der Waals surface area contributed by atoms with E-state index in [0.29, 0.717) is 16.3 Å². The zero-order valence-corrected chi connectivity index (χ0v) is 12.9. The van der Waals surface area contributed by atoms with E-state index in [1.165, 1.54) is 6.92 Å². The second-order valence-electron chi connectivity index (χ2n) is 4.77. The Morgan fingerprint density at radius 3 is 2.70 bits per heavy atom. The Morgan fingerprint density at radius 1 is 1.39 bits per heavy atom. The summed E-state index contributed by atoms with van der Waals surface area (Å²) in [6, 6.07) is 3.60. The maximum Gasteiger partial charge on any atom is 0.453 e. The summed E-state index contributed by atoms with van der Waals surface area (Å²) in [5.41, 5.74) is 1.17. The Bertz CT molecular complexity index is 716. The van der Waals surface area contributed by atoms with Crippen LogP contribution in [0.4, 0.5) is 23.7 Å². The Morgan fingerprint density at radius 2 is 2.09 bits per heavy atom. The van der Waals surface area contributed by atoms with E-state index < -0.39 is 24.1 Å². The maximum absolute atomic E-state index is 12.4. The highest BCUT2D eigenvalue weighted by atomic mass is 35.5. The minimum Gasteiger partial charge on any atom is -0.328 e. The van der Waals surface area contributed by atoms with Crippen molar-refractivity contribution < 1.29 is 18.0 Å². The molecule has 2 amide bonds. The molecule has 0 aliphatic carbocycles. The summed E-state index contributed by atoms with van der Waals surface area (Å²) >= 11 is 5.94. The Hall–Kier alpha value is -2.29. The Labute approximate surface area is 134 Å². The largest absolute Gasteiger partial charge is 0.453 e. The third-order valence-corrected chi connectivity index (χ3v) is 3.44. The highest BCUT2D eigenvalue weighted by molar-refractivity contribution is 6.31. The summed E-state index contributed by atoms with van der Waals surface area (Å²) in [5, 5.41) is 10.8. The van der Waals surface area contributed by atoms with Gasteiger partial charge in [-0.1, -0.05) is 17.7 Å². The second kappa shape index (κ2) is 6.45. The van der Waals surface area contributed by atoms with Gasteiger partial charge in [-0.05, 0) is 31.5 Å². The molecule has 0 fully saturated rings. The Balaban J connectivity index is 2.02. The number of H-pyrrole nitrogens is 1. The molecule has 0 unspecified atom stereocenters. The van der Waals surface area contributed by atoms with E-state index in [-0.39, 0.29) is 5.82 Å². The van der Waals surface area contributed by atoms with Gasteiger partial charge in [0.05, 0.1) is 6.04 Å². The summed E-state index contributed by atoms with van der Waals surface area (Å²) < 4.78 is 37.3. The fourth-order valence-electron chi connectivity index (χ4n) is 1.76. The highest BCUT2D eigenvalue weighted by Gasteiger charge is 2.36. The molecule has 0 aliphatic heterocycles. The number of hydrogen-bond donors (Lipinski definition) is 3. The fourth-order valence-corrected chi connectivity index (χ4v) is 1.94. The molecule has 1 aromatic carbocycles. The lowest BCUT2D eigenvalue weighted by molar-refractivity contribution is -0.144. The molecular formula is C13H13ClF3N5O. The van der Waals surface area contributed by atoms with Gasteiger partial charge in [0.2, 0.25) is 0 Å². The molecule has 124 valence electrons. The predicted molar refractivity (Wildman–Crippen MR) is 78.1 cm³/mol. The van der Waals surface area contributed by atoms with Crippen LogP contribution in [0.25, 0.3) is 0 Å². The van der Waals surface area contributed by atoms with E-state index in [4.69, 9.17) is 11.6 Å². The van der Waals surface area contributed by atoms with Crippen molar-refractivity contribution in [3.05, 3.63) is 40.4 Å². The molecular weight excluding hydrogens is 335 g/mol. The van der Waals surface area contributed by atoms with Crippen LogP contribution in [0.5, 0.6) is 0 Å². The third kappa shape index (κ3) is 4.13. The normalized spacial score (nSPS) is 12.8. The SMILES string of the molecule is Cc1c(Cl)cccc1NC(=O)N[C@@H](C)c1nc(C(F)(F)F)n[nH]1. The molecule has 0 saturated carbocycles. The molecule has 0 radical (unpaired) electrons. The molecule has 10 heteroatoms. The van der Waals surface area contributed by atoms with Crippen LogP contribution in [0.2, 0.25) is 5.02 Å². The number of urea groups is 1. The first kappa shape index (κ1) is 17.1. The number of aromatic amines is 1. The van der Waals surface area contributed by atoms with Crippen LogP contribution in [0.1, 0.15) is 30.2 Å². The number of carbonyl (C=O) groups is 1. The number of benzene rings is 1. The van der Waals surface area contributed by atoms with Gasteiger partial charge >= 0.3 is 12.2 Å². The summed E-state index contributed by atoms with van der Waals surface area (Å²) in [6.45, 7) is 3.21. The van der Waals surface area contributed by atoms with Crippen molar-refractivity contribution in [2.24, 2.45) is 0 Å². The standard InChI is InChI=1S/C13H13ClF3N5O/c1-6-8(14)4-3-5-9(6)19-12(23)18-7(2)10-20-11(22-21-10)13(15,16)17/h3-5,7H,1-2H3,(H2,18,19,23)(H,20,21,22)/t7-/m0/s1. The van der Waals surface area contributed by atoms with E-state index in [2.05, 4.69) is 25.8 Å². The molecule has 2 rings (SSSR count). The molecule has 0 bridgehead atoms. The molecule has 0 spiro atoms. The van der Waals surface area contributed by atoms with Crippen LogP contribution < -0.4 is 10.6 Å². The zero-order chi connectivity index (χ0) is 17.2.